The van der Waals surface area contributed by atoms with E-state index in [-0.39, 0.29) is 11.5 Å². The van der Waals surface area contributed by atoms with Gasteiger partial charge in [-0.25, -0.2) is 19.2 Å². The van der Waals surface area contributed by atoms with Crippen LogP contribution in [0.15, 0.2) is 0 Å². The van der Waals surface area contributed by atoms with Crippen molar-refractivity contribution in [2.75, 3.05) is 18.6 Å². The third kappa shape index (κ3) is 11.7. The fourth-order valence-electron chi connectivity index (χ4n) is 2.71. The summed E-state index contributed by atoms with van der Waals surface area (Å²) in [6, 6.07) is -2.40. The highest BCUT2D eigenvalue weighted by Crippen LogP contribution is 2.30. The van der Waals surface area contributed by atoms with Crippen LogP contribution in [0.1, 0.15) is 41.5 Å². The van der Waals surface area contributed by atoms with Crippen LogP contribution in [0, 0.1) is 0 Å². The van der Waals surface area contributed by atoms with Gasteiger partial charge in [0.2, 0.25) is 11.8 Å². The molecule has 0 spiro atoms. The van der Waals surface area contributed by atoms with E-state index < -0.39 is 69.7 Å². The Kier molecular flexibility index (Phi) is 12.4. The summed E-state index contributed by atoms with van der Waals surface area (Å²) in [4.78, 5) is 73.4. The molecule has 0 aliphatic carbocycles. The number of thiol groups is 1. The number of amides is 4. The highest BCUT2D eigenvalue weighted by molar-refractivity contribution is 8.05. The molecule has 1 fully saturated rings. The maximum Gasteiger partial charge on any atom is 0.408 e. The third-order valence-electron chi connectivity index (χ3n) is 4.17. The molecule has 0 aromatic carbocycles. The summed E-state index contributed by atoms with van der Waals surface area (Å²) in [5.41, 5.74) is -1.63. The van der Waals surface area contributed by atoms with E-state index in [2.05, 4.69) is 33.0 Å². The minimum atomic E-state index is -1.23. The predicted octanol–water partition coefficient (Wildman–Crippen LogP) is 1.19. The first-order valence-corrected chi connectivity index (χ1v) is 13.4. The molecule has 0 saturated carbocycles. The fraction of sp³-hybridized carbons (Fsp3) is 0.714. The Labute approximate surface area is 229 Å². The fourth-order valence-corrected chi connectivity index (χ4v) is 5.56. The molecule has 0 radical (unpaired) electrons. The normalized spacial score (nSPS) is 19.2. The van der Waals surface area contributed by atoms with Gasteiger partial charge in [0.25, 0.3) is 0 Å². The summed E-state index contributed by atoms with van der Waals surface area (Å²) < 4.78 is 19.4. The van der Waals surface area contributed by atoms with E-state index in [1.54, 1.807) is 41.5 Å². The lowest BCUT2D eigenvalue weighted by Crippen LogP contribution is -2.46. The SMILES string of the molecule is COC(=O)[C@H](CS[C@@H]1C(=O)NC(=O)[C@@H]1SC[C@H](NC(=O)OC(C)(C)C)C(=O)OS)NC(=O)OC(C)(C)C. The molecule has 4 amide bonds. The molecule has 1 rings (SSSR count). The number of thioether (sulfide) groups is 2. The van der Waals surface area contributed by atoms with Gasteiger partial charge in [0.15, 0.2) is 0 Å². The number of imide groups is 1. The molecular formula is C21H33N3O10S3. The van der Waals surface area contributed by atoms with Crippen molar-refractivity contribution in [3.63, 3.8) is 0 Å². The number of esters is 1. The smallest absolute Gasteiger partial charge is 0.408 e. The Hall–Kier alpha value is -2.33. The molecular weight excluding hydrogens is 550 g/mol. The summed E-state index contributed by atoms with van der Waals surface area (Å²) in [6.07, 6.45) is -1.74. The van der Waals surface area contributed by atoms with Crippen LogP contribution in [-0.4, -0.2) is 88.3 Å². The molecule has 13 nitrogen and oxygen atoms in total. The third-order valence-corrected chi connectivity index (χ3v) is 7.26. The quantitative estimate of drug-likeness (QED) is 0.0952. The molecule has 0 bridgehead atoms. The number of rotatable bonds is 10. The second kappa shape index (κ2) is 14.0. The molecule has 0 aromatic rings. The lowest BCUT2D eigenvalue weighted by atomic mass is 10.2. The van der Waals surface area contributed by atoms with Crippen molar-refractivity contribution in [3.05, 3.63) is 0 Å². The zero-order chi connectivity index (χ0) is 28.6. The monoisotopic (exact) mass is 583 g/mol. The van der Waals surface area contributed by atoms with E-state index in [4.69, 9.17) is 14.2 Å². The van der Waals surface area contributed by atoms with Crippen LogP contribution in [0.25, 0.3) is 0 Å². The van der Waals surface area contributed by atoms with Crippen LogP contribution in [-0.2, 0) is 37.6 Å². The standard InChI is InChI=1S/C21H33N3O10S3/c1-20(2,3)32-18(29)22-10(16(27)31-7)8-36-12-13(15(26)24-14(12)25)37-9-11(17(28)34-35)23-19(30)33-21(4,5)6/h10-13,35H,8-9H2,1-7H3,(H,22,29)(H,23,30)(H,24,25,26)/t10-,11-,12-,13+/m0/s1. The van der Waals surface area contributed by atoms with E-state index >= 15 is 0 Å². The predicted molar refractivity (Wildman–Crippen MR) is 139 cm³/mol. The maximum absolute atomic E-state index is 12.4. The van der Waals surface area contributed by atoms with E-state index in [1.165, 1.54) is 0 Å². The lowest BCUT2D eigenvalue weighted by molar-refractivity contribution is -0.142. The number of carbonyl (C=O) groups is 6. The summed E-state index contributed by atoms with van der Waals surface area (Å²) in [7, 11) is 1.14. The molecule has 1 heterocycles. The minimum absolute atomic E-state index is 0.118. The average molecular weight is 584 g/mol. The second-order valence-corrected chi connectivity index (χ2v) is 12.2. The molecule has 0 aromatic heterocycles. The summed E-state index contributed by atoms with van der Waals surface area (Å²) in [6.45, 7) is 9.88. The van der Waals surface area contributed by atoms with Crippen LogP contribution in [0.4, 0.5) is 9.59 Å². The summed E-state index contributed by atoms with van der Waals surface area (Å²) in [5, 5.41) is 4.99. The Bertz CT molecular complexity index is 818. The number of carbonyl (C=O) groups excluding carboxylic acids is 6. The van der Waals surface area contributed by atoms with Crippen LogP contribution in [0.5, 0.6) is 0 Å². The van der Waals surface area contributed by atoms with Gasteiger partial charge in [-0.1, -0.05) is 0 Å². The van der Waals surface area contributed by atoms with Gasteiger partial charge in [-0.15, -0.1) is 23.5 Å². The molecule has 1 saturated heterocycles. The van der Waals surface area contributed by atoms with Crippen LogP contribution >= 0.6 is 36.4 Å². The zero-order valence-corrected chi connectivity index (χ0v) is 24.1. The maximum atomic E-state index is 12.4. The van der Waals surface area contributed by atoms with Crippen molar-refractivity contribution in [1.29, 1.82) is 0 Å². The van der Waals surface area contributed by atoms with Crippen molar-refractivity contribution in [2.24, 2.45) is 0 Å². The number of methoxy groups -OCH3 is 1. The molecule has 3 N–H and O–H groups in total. The van der Waals surface area contributed by atoms with Gasteiger partial charge in [-0.3, -0.25) is 14.9 Å². The van der Waals surface area contributed by atoms with E-state index in [0.29, 0.717) is 0 Å². The van der Waals surface area contributed by atoms with Gasteiger partial charge < -0.3 is 29.0 Å². The molecule has 210 valence electrons. The summed E-state index contributed by atoms with van der Waals surface area (Å²) in [5.74, 6) is -3.17. The highest BCUT2D eigenvalue weighted by Gasteiger charge is 2.44. The number of hydrogen-bond donors (Lipinski definition) is 4. The van der Waals surface area contributed by atoms with E-state index in [9.17, 15) is 28.8 Å². The van der Waals surface area contributed by atoms with Crippen LogP contribution in [0.3, 0.4) is 0 Å². The second-order valence-electron chi connectivity index (χ2n) is 9.69. The van der Waals surface area contributed by atoms with E-state index in [1.807, 2.05) is 0 Å². The lowest BCUT2D eigenvalue weighted by Gasteiger charge is -2.24. The Morgan fingerprint density at radius 2 is 1.22 bits per heavy atom. The zero-order valence-electron chi connectivity index (χ0n) is 21.6. The largest absolute Gasteiger partial charge is 0.467 e. The van der Waals surface area contributed by atoms with Crippen LogP contribution in [0.2, 0.25) is 0 Å². The first kappa shape index (κ1) is 32.7. The number of nitrogens with one attached hydrogen (secondary N) is 3. The first-order chi connectivity index (χ1) is 17.0. The van der Waals surface area contributed by atoms with Crippen molar-refractivity contribution < 1.29 is 47.2 Å². The van der Waals surface area contributed by atoms with Gasteiger partial charge in [0, 0.05) is 24.4 Å². The Morgan fingerprint density at radius 1 is 0.838 bits per heavy atom. The highest BCUT2D eigenvalue weighted by atomic mass is 32.2. The number of hydrogen-bond acceptors (Lipinski definition) is 13. The average Bonchev–Trinajstić information content (AvgIpc) is 3.02. The van der Waals surface area contributed by atoms with Gasteiger partial charge in [-0.2, -0.15) is 0 Å². The molecule has 4 atom stereocenters. The molecule has 37 heavy (non-hydrogen) atoms. The Balaban J connectivity index is 2.90. The molecule has 1 aliphatic heterocycles. The first-order valence-electron chi connectivity index (χ1n) is 11.0. The van der Waals surface area contributed by atoms with E-state index in [0.717, 1.165) is 30.6 Å². The molecule has 0 unspecified atom stereocenters. The van der Waals surface area contributed by atoms with Gasteiger partial charge in [-0.05, 0) is 41.5 Å². The van der Waals surface area contributed by atoms with Gasteiger partial charge >= 0.3 is 24.1 Å². The minimum Gasteiger partial charge on any atom is -0.467 e. The van der Waals surface area contributed by atoms with Crippen molar-refractivity contribution >= 4 is 72.4 Å². The number of ether oxygens (including phenoxy) is 3. The molecule has 16 heteroatoms. The summed E-state index contributed by atoms with van der Waals surface area (Å²) >= 11 is 5.33. The van der Waals surface area contributed by atoms with Gasteiger partial charge in [0.1, 0.15) is 33.8 Å². The van der Waals surface area contributed by atoms with Crippen molar-refractivity contribution in [3.8, 4) is 0 Å². The van der Waals surface area contributed by atoms with Gasteiger partial charge in [0.05, 0.1) is 7.11 Å². The van der Waals surface area contributed by atoms with Crippen molar-refractivity contribution in [1.82, 2.24) is 16.0 Å². The van der Waals surface area contributed by atoms with Crippen molar-refractivity contribution in [2.45, 2.75) is 75.3 Å². The molecule has 1 aliphatic rings. The Morgan fingerprint density at radius 3 is 1.54 bits per heavy atom. The van der Waals surface area contributed by atoms with Crippen LogP contribution < -0.4 is 16.0 Å². The topological polar surface area (TPSA) is 175 Å². The number of alkyl carbamates (subject to hydrolysis) is 2.